The molecule has 0 radical (unpaired) electrons. The van der Waals surface area contributed by atoms with Crippen molar-refractivity contribution >= 4 is 12.1 Å². The van der Waals surface area contributed by atoms with Gasteiger partial charge in [-0.15, -0.1) is 0 Å². The van der Waals surface area contributed by atoms with E-state index in [2.05, 4.69) is 17.0 Å². The number of hydrogen-bond donors (Lipinski definition) is 1. The number of carbonyl (C=O) groups excluding carboxylic acids is 2. The van der Waals surface area contributed by atoms with Gasteiger partial charge in [-0.3, -0.25) is 4.79 Å². The predicted octanol–water partition coefficient (Wildman–Crippen LogP) is 4.59. The zero-order chi connectivity index (χ0) is 17.2. The molecule has 0 atom stereocenters. The maximum absolute atomic E-state index is 11.3. The second-order valence-corrected chi connectivity index (χ2v) is 5.95. The molecule has 0 aromatic heterocycles. The summed E-state index contributed by atoms with van der Waals surface area (Å²) in [6.07, 6.45) is 14.7. The first kappa shape index (κ1) is 21.7. The van der Waals surface area contributed by atoms with Crippen LogP contribution >= 0.6 is 0 Å². The van der Waals surface area contributed by atoms with Crippen LogP contribution in [0.4, 0.5) is 4.79 Å². The number of amides is 1. The lowest BCUT2D eigenvalue weighted by molar-refractivity contribution is -0.142. The van der Waals surface area contributed by atoms with Gasteiger partial charge in [-0.2, -0.15) is 0 Å². The first-order valence-corrected chi connectivity index (χ1v) is 9.18. The highest BCUT2D eigenvalue weighted by atomic mass is 16.5. The van der Waals surface area contributed by atoms with E-state index >= 15 is 0 Å². The van der Waals surface area contributed by atoms with Crippen molar-refractivity contribution in [1.29, 1.82) is 0 Å². The van der Waals surface area contributed by atoms with Crippen LogP contribution in [0.15, 0.2) is 0 Å². The summed E-state index contributed by atoms with van der Waals surface area (Å²) in [7, 11) is 1.26. The largest absolute Gasteiger partial charge is 0.464 e. The third-order valence-electron chi connectivity index (χ3n) is 3.82. The van der Waals surface area contributed by atoms with Crippen LogP contribution in [-0.2, 0) is 14.3 Å². The molecule has 0 fully saturated rings. The highest BCUT2D eigenvalue weighted by Gasteiger charge is 2.05. The van der Waals surface area contributed by atoms with E-state index in [1.807, 2.05) is 0 Å². The van der Waals surface area contributed by atoms with Gasteiger partial charge in [0.25, 0.3) is 0 Å². The topological polar surface area (TPSA) is 64.6 Å². The normalized spacial score (nSPS) is 10.3. The molecule has 0 aromatic rings. The number of nitrogens with one attached hydrogen (secondary N) is 1. The molecule has 0 rings (SSSR count). The number of carbonyl (C=O) groups is 2. The summed E-state index contributed by atoms with van der Waals surface area (Å²) in [4.78, 5) is 22.0. The fourth-order valence-corrected chi connectivity index (χ4v) is 2.40. The third-order valence-corrected chi connectivity index (χ3v) is 3.82. The fraction of sp³-hybridized carbons (Fsp3) is 0.889. The summed E-state index contributed by atoms with van der Waals surface area (Å²) >= 11 is 0. The van der Waals surface area contributed by atoms with Crippen molar-refractivity contribution in [2.24, 2.45) is 0 Å². The van der Waals surface area contributed by atoms with Crippen LogP contribution in [0.25, 0.3) is 0 Å². The molecule has 1 amide bonds. The van der Waals surface area contributed by atoms with Crippen molar-refractivity contribution < 1.29 is 19.1 Å². The van der Waals surface area contributed by atoms with Crippen LogP contribution in [0.5, 0.6) is 0 Å². The number of methoxy groups -OCH3 is 1. The molecule has 0 unspecified atom stereocenters. The van der Waals surface area contributed by atoms with Gasteiger partial charge in [-0.1, -0.05) is 77.6 Å². The lowest BCUT2D eigenvalue weighted by atomic mass is 10.1. The Kier molecular flexibility index (Phi) is 16.2. The Hall–Kier alpha value is -1.26. The van der Waals surface area contributed by atoms with E-state index in [1.54, 1.807) is 0 Å². The lowest BCUT2D eigenvalue weighted by Gasteiger charge is -2.06. The molecule has 136 valence electrons. The summed E-state index contributed by atoms with van der Waals surface area (Å²) in [6, 6.07) is 0. The minimum absolute atomic E-state index is 0.134. The quantitative estimate of drug-likeness (QED) is 0.352. The Labute approximate surface area is 141 Å². The average molecular weight is 329 g/mol. The number of esters is 1. The fourth-order valence-electron chi connectivity index (χ4n) is 2.40. The van der Waals surface area contributed by atoms with Crippen molar-refractivity contribution in [2.75, 3.05) is 20.3 Å². The second-order valence-electron chi connectivity index (χ2n) is 5.95. The molecule has 0 spiro atoms. The van der Waals surface area contributed by atoms with Gasteiger partial charge in [-0.05, 0) is 6.42 Å². The predicted molar refractivity (Wildman–Crippen MR) is 92.4 cm³/mol. The number of ether oxygens (including phenoxy) is 2. The third kappa shape index (κ3) is 16.9. The van der Waals surface area contributed by atoms with Gasteiger partial charge in [-0.25, -0.2) is 4.79 Å². The molecule has 23 heavy (non-hydrogen) atoms. The molecule has 5 nitrogen and oxygen atoms in total. The highest BCUT2D eigenvalue weighted by Crippen LogP contribution is 2.11. The molecular formula is C18H35NO4. The Morgan fingerprint density at radius 3 is 1.74 bits per heavy atom. The Morgan fingerprint density at radius 2 is 1.26 bits per heavy atom. The van der Waals surface area contributed by atoms with E-state index in [0.717, 1.165) is 12.8 Å². The van der Waals surface area contributed by atoms with E-state index in [1.165, 1.54) is 71.3 Å². The molecule has 1 N–H and O–H groups in total. The van der Waals surface area contributed by atoms with Crippen LogP contribution in [0, 0.1) is 0 Å². The van der Waals surface area contributed by atoms with Gasteiger partial charge >= 0.3 is 12.1 Å². The van der Waals surface area contributed by atoms with Crippen molar-refractivity contribution in [3.05, 3.63) is 0 Å². The van der Waals surface area contributed by atoms with Crippen LogP contribution in [-0.4, -0.2) is 32.3 Å². The number of unbranched alkanes of at least 4 members (excludes halogenated alkanes) is 11. The van der Waals surface area contributed by atoms with E-state index in [9.17, 15) is 9.59 Å². The van der Waals surface area contributed by atoms with Gasteiger partial charge in [0.2, 0.25) is 0 Å². The molecule has 0 aliphatic carbocycles. The summed E-state index contributed by atoms with van der Waals surface area (Å²) in [5.41, 5.74) is 0. The molecule has 0 aliphatic rings. The van der Waals surface area contributed by atoms with E-state index in [4.69, 9.17) is 4.74 Å². The zero-order valence-corrected chi connectivity index (χ0v) is 15.0. The minimum Gasteiger partial charge on any atom is -0.464 e. The number of rotatable bonds is 15. The molecule has 0 saturated carbocycles. The summed E-state index contributed by atoms with van der Waals surface area (Å²) in [6.45, 7) is 2.55. The maximum atomic E-state index is 11.3. The zero-order valence-electron chi connectivity index (χ0n) is 15.0. The molecule has 0 saturated heterocycles. The molecule has 0 bridgehead atoms. The van der Waals surface area contributed by atoms with Crippen molar-refractivity contribution in [3.63, 3.8) is 0 Å². The number of alkyl carbamates (subject to hydrolysis) is 1. The van der Waals surface area contributed by atoms with E-state index < -0.39 is 12.1 Å². The average Bonchev–Trinajstić information content (AvgIpc) is 2.56. The summed E-state index contributed by atoms with van der Waals surface area (Å²) < 4.78 is 9.38. The van der Waals surface area contributed by atoms with Gasteiger partial charge in [0.1, 0.15) is 6.54 Å². The van der Waals surface area contributed by atoms with Crippen molar-refractivity contribution in [3.8, 4) is 0 Å². The van der Waals surface area contributed by atoms with Gasteiger partial charge < -0.3 is 14.8 Å². The first-order valence-electron chi connectivity index (χ1n) is 9.18. The van der Waals surface area contributed by atoms with Crippen LogP contribution in [0.1, 0.15) is 84.0 Å². The van der Waals surface area contributed by atoms with Gasteiger partial charge in [0.15, 0.2) is 0 Å². The SMILES string of the molecule is CCCCCCCCCCCCCCOC(=O)CNC(=O)OC. The van der Waals surface area contributed by atoms with Crippen LogP contribution in [0.2, 0.25) is 0 Å². The standard InChI is InChI=1S/C18H35NO4/c1-3-4-5-6-7-8-9-10-11-12-13-14-15-23-17(20)16-19-18(21)22-2/h3-16H2,1-2H3,(H,19,21). The highest BCUT2D eigenvalue weighted by molar-refractivity contribution is 5.77. The van der Waals surface area contributed by atoms with Crippen LogP contribution < -0.4 is 5.32 Å². The lowest BCUT2D eigenvalue weighted by Crippen LogP contribution is -2.30. The number of hydrogen-bond acceptors (Lipinski definition) is 4. The first-order chi connectivity index (χ1) is 11.2. The minimum atomic E-state index is -0.618. The molecule has 0 aliphatic heterocycles. The van der Waals surface area contributed by atoms with Crippen molar-refractivity contribution in [1.82, 2.24) is 5.32 Å². The monoisotopic (exact) mass is 329 g/mol. The summed E-state index contributed by atoms with van der Waals surface area (Å²) in [5.74, 6) is -0.418. The smallest absolute Gasteiger partial charge is 0.407 e. The van der Waals surface area contributed by atoms with E-state index in [0.29, 0.717) is 6.61 Å². The Balaban J connectivity index is 3.15. The second kappa shape index (κ2) is 17.1. The van der Waals surface area contributed by atoms with Gasteiger partial charge in [0, 0.05) is 0 Å². The Bertz CT molecular complexity index is 295. The molecule has 0 aromatic carbocycles. The van der Waals surface area contributed by atoms with E-state index in [-0.39, 0.29) is 6.54 Å². The molecule has 5 heteroatoms. The Morgan fingerprint density at radius 1 is 0.783 bits per heavy atom. The maximum Gasteiger partial charge on any atom is 0.407 e. The molecular weight excluding hydrogens is 294 g/mol. The van der Waals surface area contributed by atoms with Crippen LogP contribution in [0.3, 0.4) is 0 Å². The molecule has 0 heterocycles. The van der Waals surface area contributed by atoms with Gasteiger partial charge in [0.05, 0.1) is 13.7 Å². The summed E-state index contributed by atoms with van der Waals surface area (Å²) in [5, 5.41) is 2.29. The van der Waals surface area contributed by atoms with Crippen molar-refractivity contribution in [2.45, 2.75) is 84.0 Å².